The van der Waals surface area contributed by atoms with Gasteiger partial charge in [-0.3, -0.25) is 0 Å². The molecular formula is C23H16O10. The number of ether oxygens (including phenoxy) is 4. The molecule has 0 aromatic heterocycles. The van der Waals surface area contributed by atoms with Crippen LogP contribution in [0.3, 0.4) is 0 Å². The highest BCUT2D eigenvalue weighted by molar-refractivity contribution is 5.96. The van der Waals surface area contributed by atoms with E-state index < -0.39 is 24.2 Å². The minimum absolute atomic E-state index is 0.0741. The fourth-order valence-corrected chi connectivity index (χ4v) is 2.70. The van der Waals surface area contributed by atoms with E-state index in [0.29, 0.717) is 5.56 Å². The minimum Gasteiger partial charge on any atom is -0.449 e. The smallest absolute Gasteiger partial charge is 0.449 e. The van der Waals surface area contributed by atoms with Crippen LogP contribution in [0.4, 0.5) is 9.59 Å². The van der Waals surface area contributed by atoms with Crippen LogP contribution in [-0.4, -0.2) is 34.5 Å². The van der Waals surface area contributed by atoms with Crippen LogP contribution in [0.5, 0.6) is 23.0 Å². The van der Waals surface area contributed by atoms with E-state index in [-0.39, 0.29) is 34.1 Å². The third kappa shape index (κ3) is 6.31. The first kappa shape index (κ1) is 22.8. The Morgan fingerprint density at radius 2 is 0.970 bits per heavy atom. The minimum atomic E-state index is -1.46. The van der Waals surface area contributed by atoms with Crippen LogP contribution in [0.2, 0.25) is 0 Å². The van der Waals surface area contributed by atoms with Gasteiger partial charge in [0, 0.05) is 0 Å². The third-order valence-corrected chi connectivity index (χ3v) is 4.16. The molecule has 33 heavy (non-hydrogen) atoms. The highest BCUT2D eigenvalue weighted by Crippen LogP contribution is 2.22. The molecule has 0 amide bonds. The molecular weight excluding hydrogens is 436 g/mol. The Balaban J connectivity index is 1.64. The Labute approximate surface area is 186 Å². The molecule has 0 heterocycles. The lowest BCUT2D eigenvalue weighted by Gasteiger charge is -2.09. The molecule has 0 spiro atoms. The van der Waals surface area contributed by atoms with Crippen LogP contribution in [0, 0.1) is 6.92 Å². The van der Waals surface area contributed by atoms with Gasteiger partial charge in [0.1, 0.15) is 23.0 Å². The molecule has 0 atom stereocenters. The van der Waals surface area contributed by atoms with E-state index in [1.54, 1.807) is 6.92 Å². The summed E-state index contributed by atoms with van der Waals surface area (Å²) in [6, 6.07) is 15.1. The van der Waals surface area contributed by atoms with Crippen molar-refractivity contribution < 1.29 is 48.3 Å². The maximum atomic E-state index is 12.5. The van der Waals surface area contributed by atoms with Crippen molar-refractivity contribution in [2.75, 3.05) is 0 Å². The molecule has 0 bridgehead atoms. The van der Waals surface area contributed by atoms with Crippen LogP contribution >= 0.6 is 0 Å². The molecule has 0 aliphatic rings. The molecule has 168 valence electrons. The maximum absolute atomic E-state index is 12.5. The summed E-state index contributed by atoms with van der Waals surface area (Å²) in [5.41, 5.74) is 0.864. The van der Waals surface area contributed by atoms with E-state index in [2.05, 4.69) is 9.47 Å². The molecule has 0 unspecified atom stereocenters. The highest BCUT2D eigenvalue weighted by Gasteiger charge is 2.16. The number of rotatable bonds is 6. The van der Waals surface area contributed by atoms with Crippen molar-refractivity contribution in [3.05, 3.63) is 83.4 Å². The lowest BCUT2D eigenvalue weighted by atomic mass is 10.1. The Morgan fingerprint density at radius 1 is 0.576 bits per heavy atom. The van der Waals surface area contributed by atoms with Gasteiger partial charge in [-0.05, 0) is 79.2 Å². The van der Waals surface area contributed by atoms with Crippen LogP contribution in [0.1, 0.15) is 26.3 Å². The summed E-state index contributed by atoms with van der Waals surface area (Å²) in [7, 11) is 0. The quantitative estimate of drug-likeness (QED) is 0.310. The fourth-order valence-electron chi connectivity index (χ4n) is 2.70. The second kappa shape index (κ2) is 9.96. The van der Waals surface area contributed by atoms with Crippen LogP contribution in [0.15, 0.2) is 66.7 Å². The van der Waals surface area contributed by atoms with Gasteiger partial charge in [-0.1, -0.05) is 0 Å². The average Bonchev–Trinajstić information content (AvgIpc) is 2.75. The molecule has 2 N–H and O–H groups in total. The second-order valence-electron chi connectivity index (χ2n) is 6.49. The monoisotopic (exact) mass is 452 g/mol. The van der Waals surface area contributed by atoms with Crippen molar-refractivity contribution in [2.45, 2.75) is 6.92 Å². The van der Waals surface area contributed by atoms with E-state index in [4.69, 9.17) is 19.7 Å². The SMILES string of the molecule is Cc1cc(C(=O)Oc2ccc(OC(=O)O)cc2)ccc1C(=O)Oc1ccc(OC(=O)O)cc1. The van der Waals surface area contributed by atoms with Crippen molar-refractivity contribution in [3.63, 3.8) is 0 Å². The number of esters is 2. The van der Waals surface area contributed by atoms with Crippen LogP contribution in [0.25, 0.3) is 0 Å². The van der Waals surface area contributed by atoms with Crippen molar-refractivity contribution in [2.24, 2.45) is 0 Å². The van der Waals surface area contributed by atoms with Gasteiger partial charge in [-0.25, -0.2) is 19.2 Å². The van der Waals surface area contributed by atoms with Gasteiger partial charge in [0.05, 0.1) is 11.1 Å². The molecule has 0 radical (unpaired) electrons. The molecule has 3 rings (SSSR count). The predicted octanol–water partition coefficient (Wildman–Crippen LogP) is 4.55. The van der Waals surface area contributed by atoms with E-state index in [1.165, 1.54) is 66.7 Å². The molecule has 10 nitrogen and oxygen atoms in total. The van der Waals surface area contributed by atoms with Gasteiger partial charge in [-0.2, -0.15) is 0 Å². The normalized spacial score (nSPS) is 10.1. The predicted molar refractivity (Wildman–Crippen MR) is 111 cm³/mol. The fraction of sp³-hybridized carbons (Fsp3) is 0.0435. The summed E-state index contributed by atoms with van der Waals surface area (Å²) >= 11 is 0. The van der Waals surface area contributed by atoms with Crippen molar-refractivity contribution in [3.8, 4) is 23.0 Å². The van der Waals surface area contributed by atoms with Crippen LogP contribution in [-0.2, 0) is 0 Å². The van der Waals surface area contributed by atoms with Gasteiger partial charge in [-0.15, -0.1) is 0 Å². The first-order chi connectivity index (χ1) is 15.7. The first-order valence-corrected chi connectivity index (χ1v) is 9.28. The zero-order valence-electron chi connectivity index (χ0n) is 17.0. The molecule has 3 aromatic rings. The molecule has 0 saturated heterocycles. The average molecular weight is 452 g/mol. The molecule has 0 aliphatic carbocycles. The Morgan fingerprint density at radius 3 is 1.36 bits per heavy atom. The number of hydrogen-bond donors (Lipinski definition) is 2. The molecule has 0 saturated carbocycles. The van der Waals surface area contributed by atoms with Crippen LogP contribution < -0.4 is 18.9 Å². The first-order valence-electron chi connectivity index (χ1n) is 9.28. The zero-order valence-corrected chi connectivity index (χ0v) is 17.0. The number of hydrogen-bond acceptors (Lipinski definition) is 8. The van der Waals surface area contributed by atoms with Gasteiger partial charge in [0.2, 0.25) is 0 Å². The molecule has 3 aromatic carbocycles. The third-order valence-electron chi connectivity index (χ3n) is 4.16. The summed E-state index contributed by atoms with van der Waals surface area (Å²) in [5, 5.41) is 17.2. The molecule has 0 aliphatic heterocycles. The highest BCUT2D eigenvalue weighted by atomic mass is 16.7. The van der Waals surface area contributed by atoms with Crippen molar-refractivity contribution in [1.82, 2.24) is 0 Å². The topological polar surface area (TPSA) is 146 Å². The number of carboxylic acid groups (broad SMARTS) is 2. The summed E-state index contributed by atoms with van der Waals surface area (Å²) in [5.74, 6) is -0.854. The standard InChI is InChI=1S/C23H16O10/c1-13-12-14(20(24)30-15-3-7-17(8-4-15)32-22(26)27)2-11-19(13)21(25)31-16-5-9-18(10-6-16)33-23(28)29/h2-12H,1H3,(H,26,27)(H,28,29). The summed E-state index contributed by atoms with van der Waals surface area (Å²) in [6.07, 6.45) is -2.92. The summed E-state index contributed by atoms with van der Waals surface area (Å²) in [6.45, 7) is 1.62. The molecule has 0 fully saturated rings. The van der Waals surface area contributed by atoms with Crippen molar-refractivity contribution >= 4 is 24.2 Å². The number of benzene rings is 3. The van der Waals surface area contributed by atoms with Crippen molar-refractivity contribution in [1.29, 1.82) is 0 Å². The van der Waals surface area contributed by atoms with Gasteiger partial charge >= 0.3 is 24.2 Å². The number of carbonyl (C=O) groups is 4. The second-order valence-corrected chi connectivity index (χ2v) is 6.49. The van der Waals surface area contributed by atoms with E-state index in [1.807, 2.05) is 0 Å². The zero-order chi connectivity index (χ0) is 24.0. The van der Waals surface area contributed by atoms with E-state index >= 15 is 0 Å². The maximum Gasteiger partial charge on any atom is 0.511 e. The Hall–Kier alpha value is -4.86. The summed E-state index contributed by atoms with van der Waals surface area (Å²) < 4.78 is 19.5. The van der Waals surface area contributed by atoms with Gasteiger partial charge in [0.25, 0.3) is 0 Å². The lowest BCUT2D eigenvalue weighted by Crippen LogP contribution is -2.13. The lowest BCUT2D eigenvalue weighted by molar-refractivity contribution is 0.0719. The van der Waals surface area contributed by atoms with Gasteiger partial charge in [0.15, 0.2) is 0 Å². The molecule has 10 heteroatoms. The Kier molecular flexibility index (Phi) is 6.89. The Bertz CT molecular complexity index is 1200. The van der Waals surface area contributed by atoms with E-state index in [0.717, 1.165) is 0 Å². The largest absolute Gasteiger partial charge is 0.511 e. The summed E-state index contributed by atoms with van der Waals surface area (Å²) in [4.78, 5) is 45.9. The number of carbonyl (C=O) groups excluding carboxylic acids is 2. The van der Waals surface area contributed by atoms with E-state index in [9.17, 15) is 19.2 Å². The number of aryl methyl sites for hydroxylation is 1. The van der Waals surface area contributed by atoms with Gasteiger partial charge < -0.3 is 29.2 Å².